The van der Waals surface area contributed by atoms with E-state index in [0.717, 1.165) is 19.4 Å². The normalized spacial score (nSPS) is 30.6. The molecule has 1 amide bonds. The summed E-state index contributed by atoms with van der Waals surface area (Å²) in [6, 6.07) is 0.809. The van der Waals surface area contributed by atoms with Crippen LogP contribution in [-0.4, -0.2) is 42.5 Å². The van der Waals surface area contributed by atoms with Gasteiger partial charge in [-0.3, -0.25) is 9.69 Å². The van der Waals surface area contributed by atoms with Gasteiger partial charge in [0.15, 0.2) is 0 Å². The lowest BCUT2D eigenvalue weighted by molar-refractivity contribution is -0.124. The van der Waals surface area contributed by atoms with Crippen LogP contribution in [0, 0.1) is 5.92 Å². The molecule has 104 valence electrons. The Labute approximate surface area is 110 Å². The summed E-state index contributed by atoms with van der Waals surface area (Å²) in [6.07, 6.45) is 7.26. The standard InChI is InChI=1S/C14H27N3O/c1-11-5-4-8-17(13(11)9-15)10-14(18)16-12-6-2-3-7-12/h11-13H,2-10,15H2,1H3,(H,16,18). The number of nitrogens with zero attached hydrogens (tertiary/aromatic N) is 1. The molecule has 4 heteroatoms. The van der Waals surface area contributed by atoms with E-state index in [1.54, 1.807) is 0 Å². The minimum Gasteiger partial charge on any atom is -0.352 e. The van der Waals surface area contributed by atoms with Crippen molar-refractivity contribution >= 4 is 5.91 Å². The van der Waals surface area contributed by atoms with Gasteiger partial charge in [0.1, 0.15) is 0 Å². The van der Waals surface area contributed by atoms with Crippen LogP contribution < -0.4 is 11.1 Å². The van der Waals surface area contributed by atoms with Crippen molar-refractivity contribution < 1.29 is 4.79 Å². The van der Waals surface area contributed by atoms with Gasteiger partial charge in [-0.05, 0) is 38.1 Å². The van der Waals surface area contributed by atoms with Crippen LogP contribution in [0.5, 0.6) is 0 Å². The van der Waals surface area contributed by atoms with E-state index < -0.39 is 0 Å². The first-order valence-electron chi connectivity index (χ1n) is 7.44. The lowest BCUT2D eigenvalue weighted by atomic mass is 9.91. The highest BCUT2D eigenvalue weighted by molar-refractivity contribution is 5.78. The van der Waals surface area contributed by atoms with Crippen molar-refractivity contribution in [3.8, 4) is 0 Å². The molecule has 1 aliphatic carbocycles. The smallest absolute Gasteiger partial charge is 0.234 e. The van der Waals surface area contributed by atoms with Crippen molar-refractivity contribution in [3.05, 3.63) is 0 Å². The van der Waals surface area contributed by atoms with Crippen LogP contribution in [0.25, 0.3) is 0 Å². The molecular formula is C14H27N3O. The van der Waals surface area contributed by atoms with E-state index in [2.05, 4.69) is 17.1 Å². The van der Waals surface area contributed by atoms with Crippen molar-refractivity contribution in [2.75, 3.05) is 19.6 Å². The highest BCUT2D eigenvalue weighted by atomic mass is 16.2. The molecule has 1 saturated heterocycles. The minimum atomic E-state index is 0.189. The zero-order chi connectivity index (χ0) is 13.0. The van der Waals surface area contributed by atoms with Gasteiger partial charge < -0.3 is 11.1 Å². The number of hydrogen-bond donors (Lipinski definition) is 2. The van der Waals surface area contributed by atoms with E-state index in [9.17, 15) is 4.79 Å². The first-order chi connectivity index (χ1) is 8.70. The predicted molar refractivity (Wildman–Crippen MR) is 73.2 cm³/mol. The van der Waals surface area contributed by atoms with Crippen molar-refractivity contribution in [2.24, 2.45) is 11.7 Å². The van der Waals surface area contributed by atoms with Gasteiger partial charge >= 0.3 is 0 Å². The molecule has 2 unspecified atom stereocenters. The number of hydrogen-bond acceptors (Lipinski definition) is 3. The Kier molecular flexibility index (Phi) is 5.01. The summed E-state index contributed by atoms with van der Waals surface area (Å²) in [5, 5.41) is 3.16. The highest BCUT2D eigenvalue weighted by Gasteiger charge is 2.29. The third-order valence-corrected chi connectivity index (χ3v) is 4.54. The van der Waals surface area contributed by atoms with Crippen LogP contribution in [0.2, 0.25) is 0 Å². The summed E-state index contributed by atoms with van der Waals surface area (Å²) < 4.78 is 0. The molecule has 0 spiro atoms. The summed E-state index contributed by atoms with van der Waals surface area (Å²) >= 11 is 0. The Morgan fingerprint density at radius 1 is 1.28 bits per heavy atom. The summed E-state index contributed by atoms with van der Waals surface area (Å²) in [5.41, 5.74) is 5.85. The topological polar surface area (TPSA) is 58.4 Å². The van der Waals surface area contributed by atoms with E-state index >= 15 is 0 Å². The van der Waals surface area contributed by atoms with Crippen LogP contribution in [0.3, 0.4) is 0 Å². The lowest BCUT2D eigenvalue weighted by Crippen LogP contribution is -2.52. The average Bonchev–Trinajstić information content (AvgIpc) is 2.82. The molecule has 0 radical (unpaired) electrons. The molecule has 2 rings (SSSR count). The van der Waals surface area contributed by atoms with E-state index in [1.165, 1.54) is 25.7 Å². The van der Waals surface area contributed by atoms with E-state index in [1.807, 2.05) is 0 Å². The Morgan fingerprint density at radius 3 is 2.67 bits per heavy atom. The molecule has 3 N–H and O–H groups in total. The molecule has 1 saturated carbocycles. The Bertz CT molecular complexity index is 276. The summed E-state index contributed by atoms with van der Waals surface area (Å²) in [5.74, 6) is 0.803. The maximum atomic E-state index is 12.0. The fourth-order valence-corrected chi connectivity index (χ4v) is 3.44. The monoisotopic (exact) mass is 253 g/mol. The number of likely N-dealkylation sites (tertiary alicyclic amines) is 1. The third kappa shape index (κ3) is 3.45. The average molecular weight is 253 g/mol. The van der Waals surface area contributed by atoms with Crippen molar-refractivity contribution in [3.63, 3.8) is 0 Å². The number of carbonyl (C=O) groups excluding carboxylic acids is 1. The second kappa shape index (κ2) is 6.53. The molecule has 4 nitrogen and oxygen atoms in total. The molecule has 2 atom stereocenters. The highest BCUT2D eigenvalue weighted by Crippen LogP contribution is 2.22. The van der Waals surface area contributed by atoms with Crippen molar-refractivity contribution in [1.82, 2.24) is 10.2 Å². The lowest BCUT2D eigenvalue weighted by Gasteiger charge is -2.39. The zero-order valence-electron chi connectivity index (χ0n) is 11.5. The van der Waals surface area contributed by atoms with Gasteiger partial charge in [0.25, 0.3) is 0 Å². The van der Waals surface area contributed by atoms with Gasteiger partial charge in [-0.25, -0.2) is 0 Å². The van der Waals surface area contributed by atoms with E-state index in [0.29, 0.717) is 31.1 Å². The predicted octanol–water partition coefficient (Wildman–Crippen LogP) is 1.10. The molecule has 1 heterocycles. The van der Waals surface area contributed by atoms with E-state index in [4.69, 9.17) is 5.73 Å². The second-order valence-electron chi connectivity index (χ2n) is 5.94. The molecule has 1 aliphatic heterocycles. The Balaban J connectivity index is 1.81. The number of carbonyl (C=O) groups is 1. The molecule has 2 fully saturated rings. The maximum Gasteiger partial charge on any atom is 0.234 e. The van der Waals surface area contributed by atoms with Gasteiger partial charge in [-0.1, -0.05) is 19.8 Å². The summed E-state index contributed by atoms with van der Waals surface area (Å²) in [7, 11) is 0. The number of nitrogens with two attached hydrogens (primary N) is 1. The quantitative estimate of drug-likeness (QED) is 0.789. The van der Waals surface area contributed by atoms with Crippen LogP contribution >= 0.6 is 0 Å². The van der Waals surface area contributed by atoms with Crippen LogP contribution in [0.15, 0.2) is 0 Å². The fourth-order valence-electron chi connectivity index (χ4n) is 3.44. The molecule has 0 bridgehead atoms. The molecule has 0 aromatic carbocycles. The molecule has 0 aromatic heterocycles. The maximum absolute atomic E-state index is 12.0. The third-order valence-electron chi connectivity index (χ3n) is 4.54. The first-order valence-corrected chi connectivity index (χ1v) is 7.44. The SMILES string of the molecule is CC1CCCN(CC(=O)NC2CCCC2)C1CN. The van der Waals surface area contributed by atoms with Gasteiger partial charge in [0.05, 0.1) is 6.54 Å². The number of piperidine rings is 1. The Hall–Kier alpha value is -0.610. The fraction of sp³-hybridized carbons (Fsp3) is 0.929. The summed E-state index contributed by atoms with van der Waals surface area (Å²) in [4.78, 5) is 14.3. The molecule has 18 heavy (non-hydrogen) atoms. The number of nitrogens with one attached hydrogen (secondary N) is 1. The van der Waals surface area contributed by atoms with Gasteiger partial charge in [-0.15, -0.1) is 0 Å². The first kappa shape index (κ1) is 13.8. The van der Waals surface area contributed by atoms with Crippen molar-refractivity contribution in [1.29, 1.82) is 0 Å². The van der Waals surface area contributed by atoms with Gasteiger partial charge in [0, 0.05) is 18.6 Å². The van der Waals surface area contributed by atoms with E-state index in [-0.39, 0.29) is 5.91 Å². The second-order valence-corrected chi connectivity index (χ2v) is 5.94. The number of amides is 1. The molecular weight excluding hydrogens is 226 g/mol. The van der Waals surface area contributed by atoms with Crippen LogP contribution in [0.1, 0.15) is 45.4 Å². The van der Waals surface area contributed by atoms with Gasteiger partial charge in [0.2, 0.25) is 5.91 Å². The molecule has 0 aromatic rings. The Morgan fingerprint density at radius 2 is 2.00 bits per heavy atom. The largest absolute Gasteiger partial charge is 0.352 e. The summed E-state index contributed by atoms with van der Waals surface area (Å²) in [6.45, 7) is 4.46. The van der Waals surface area contributed by atoms with Crippen LogP contribution in [-0.2, 0) is 4.79 Å². The number of rotatable bonds is 4. The van der Waals surface area contributed by atoms with Crippen molar-refractivity contribution in [2.45, 2.75) is 57.5 Å². The molecule has 2 aliphatic rings. The minimum absolute atomic E-state index is 0.189. The van der Waals surface area contributed by atoms with Gasteiger partial charge in [-0.2, -0.15) is 0 Å². The van der Waals surface area contributed by atoms with Crippen LogP contribution in [0.4, 0.5) is 0 Å². The zero-order valence-corrected chi connectivity index (χ0v) is 11.5.